The summed E-state index contributed by atoms with van der Waals surface area (Å²) < 4.78 is 14.3. The van der Waals surface area contributed by atoms with Crippen LogP contribution in [0.15, 0.2) is 41.2 Å². The lowest BCUT2D eigenvalue weighted by Gasteiger charge is -2.47. The molecule has 2 aliphatic rings. The van der Waals surface area contributed by atoms with E-state index in [1.165, 1.54) is 18.2 Å². The van der Waals surface area contributed by atoms with E-state index in [9.17, 15) is 19.1 Å². The summed E-state index contributed by atoms with van der Waals surface area (Å²) in [5.74, 6) is -0.410. The van der Waals surface area contributed by atoms with Gasteiger partial charge < -0.3 is 10.0 Å². The second-order valence-corrected chi connectivity index (χ2v) is 7.86. The summed E-state index contributed by atoms with van der Waals surface area (Å²) in [7, 11) is 0. The van der Waals surface area contributed by atoms with Crippen molar-refractivity contribution < 1.29 is 14.3 Å². The quantitative estimate of drug-likeness (QED) is 0.879. The van der Waals surface area contributed by atoms with Crippen molar-refractivity contribution in [2.75, 3.05) is 13.1 Å². The maximum absolute atomic E-state index is 13.1. The van der Waals surface area contributed by atoms with Crippen LogP contribution in [0.4, 0.5) is 4.39 Å². The summed E-state index contributed by atoms with van der Waals surface area (Å²) in [6.07, 6.45) is 4.44. The van der Waals surface area contributed by atoms with Gasteiger partial charge in [-0.15, -0.1) is 0 Å². The number of fused-ring (bicyclic) bond motifs is 1. The van der Waals surface area contributed by atoms with E-state index in [-0.39, 0.29) is 29.7 Å². The van der Waals surface area contributed by atoms with E-state index in [4.69, 9.17) is 0 Å². The highest BCUT2D eigenvalue weighted by molar-refractivity contribution is 5.76. The summed E-state index contributed by atoms with van der Waals surface area (Å²) in [6.45, 7) is 0.888. The van der Waals surface area contributed by atoms with Gasteiger partial charge in [0.25, 0.3) is 5.56 Å². The number of halogens is 1. The first-order valence-corrected chi connectivity index (χ1v) is 9.79. The van der Waals surface area contributed by atoms with Crippen molar-refractivity contribution in [1.29, 1.82) is 0 Å². The van der Waals surface area contributed by atoms with E-state index in [0.29, 0.717) is 30.8 Å². The Morgan fingerprint density at radius 1 is 1.18 bits per heavy atom. The first kappa shape index (κ1) is 18.8. The number of aromatic nitrogens is 2. The number of hydrogen-bond donors (Lipinski definition) is 1. The fourth-order valence-corrected chi connectivity index (χ4v) is 4.36. The van der Waals surface area contributed by atoms with Crippen LogP contribution >= 0.6 is 0 Å². The molecule has 2 aromatic rings. The molecule has 28 heavy (non-hydrogen) atoms. The molecule has 1 N–H and O–H groups in total. The second kappa shape index (κ2) is 7.47. The summed E-state index contributed by atoms with van der Waals surface area (Å²) >= 11 is 0. The first-order chi connectivity index (χ1) is 13.4. The van der Waals surface area contributed by atoms with Crippen LogP contribution in [-0.2, 0) is 11.3 Å². The zero-order chi connectivity index (χ0) is 19.7. The van der Waals surface area contributed by atoms with Crippen LogP contribution in [0, 0.1) is 11.7 Å². The third kappa shape index (κ3) is 3.71. The molecule has 1 aromatic heterocycles. The van der Waals surface area contributed by atoms with Crippen molar-refractivity contribution in [1.82, 2.24) is 14.7 Å². The van der Waals surface area contributed by atoms with Crippen LogP contribution in [0.2, 0.25) is 0 Å². The lowest BCUT2D eigenvalue weighted by atomic mass is 9.71. The molecule has 1 amide bonds. The van der Waals surface area contributed by atoms with Crippen LogP contribution in [0.5, 0.6) is 0 Å². The lowest BCUT2D eigenvalue weighted by Crippen LogP contribution is -2.55. The fourth-order valence-electron chi connectivity index (χ4n) is 4.36. The SMILES string of the molecule is O=C(Cn1nc(-c2ccc(F)cc2)ccc1=O)N1CC[C@]2(O)CCCC[C@@H]2C1. The summed E-state index contributed by atoms with van der Waals surface area (Å²) in [6, 6.07) is 8.77. The largest absolute Gasteiger partial charge is 0.389 e. The maximum Gasteiger partial charge on any atom is 0.267 e. The van der Waals surface area contributed by atoms with Crippen molar-refractivity contribution in [2.45, 2.75) is 44.2 Å². The van der Waals surface area contributed by atoms with Gasteiger partial charge in [-0.05, 0) is 49.6 Å². The number of aliphatic hydroxyl groups is 1. The number of carbonyl (C=O) groups excluding carboxylic acids is 1. The van der Waals surface area contributed by atoms with Crippen molar-refractivity contribution in [3.8, 4) is 11.3 Å². The van der Waals surface area contributed by atoms with Gasteiger partial charge in [0.2, 0.25) is 5.91 Å². The van der Waals surface area contributed by atoms with Crippen LogP contribution in [0.1, 0.15) is 32.1 Å². The van der Waals surface area contributed by atoms with Crippen LogP contribution in [-0.4, -0.2) is 44.4 Å². The molecule has 1 aliphatic heterocycles. The monoisotopic (exact) mass is 385 g/mol. The molecule has 2 atom stereocenters. The Morgan fingerprint density at radius 2 is 1.96 bits per heavy atom. The van der Waals surface area contributed by atoms with Crippen molar-refractivity contribution >= 4 is 5.91 Å². The minimum atomic E-state index is -0.646. The zero-order valence-electron chi connectivity index (χ0n) is 15.7. The van der Waals surface area contributed by atoms with Crippen molar-refractivity contribution in [3.05, 3.63) is 52.6 Å². The average molecular weight is 385 g/mol. The number of piperidine rings is 1. The van der Waals surface area contributed by atoms with Gasteiger partial charge in [0.1, 0.15) is 12.4 Å². The predicted molar refractivity (Wildman–Crippen MR) is 102 cm³/mol. The van der Waals surface area contributed by atoms with Gasteiger partial charge in [-0.3, -0.25) is 9.59 Å². The Kier molecular flexibility index (Phi) is 5.02. The van der Waals surface area contributed by atoms with Gasteiger partial charge in [-0.2, -0.15) is 5.10 Å². The molecule has 0 unspecified atom stereocenters. The number of amides is 1. The summed E-state index contributed by atoms with van der Waals surface area (Å²) in [5, 5.41) is 15.1. The third-order valence-corrected chi connectivity index (χ3v) is 6.07. The van der Waals surface area contributed by atoms with Gasteiger partial charge >= 0.3 is 0 Å². The zero-order valence-corrected chi connectivity index (χ0v) is 15.7. The normalized spacial score (nSPS) is 24.6. The summed E-state index contributed by atoms with van der Waals surface area (Å²) in [4.78, 5) is 26.7. The Bertz CT molecular complexity index is 927. The molecule has 6 nitrogen and oxygen atoms in total. The van der Waals surface area contributed by atoms with Gasteiger partial charge in [-0.1, -0.05) is 12.8 Å². The predicted octanol–water partition coefficient (Wildman–Crippen LogP) is 2.20. The Morgan fingerprint density at radius 3 is 2.75 bits per heavy atom. The van der Waals surface area contributed by atoms with E-state index in [1.807, 2.05) is 0 Å². The lowest BCUT2D eigenvalue weighted by molar-refractivity contribution is -0.144. The van der Waals surface area contributed by atoms with Crippen molar-refractivity contribution in [3.63, 3.8) is 0 Å². The first-order valence-electron chi connectivity index (χ1n) is 9.79. The number of hydrogen-bond acceptors (Lipinski definition) is 4. The van der Waals surface area contributed by atoms with Crippen LogP contribution in [0.25, 0.3) is 11.3 Å². The standard InChI is InChI=1S/C21H24FN3O3/c22-17-6-4-15(5-7-17)18-8-9-19(26)25(23-18)14-20(27)24-12-11-21(28)10-2-1-3-16(21)13-24/h4-9,16,28H,1-3,10-14H2/t16-,21-/m1/s1. The Hall–Kier alpha value is -2.54. The molecule has 1 aromatic carbocycles. The van der Waals surface area contributed by atoms with Crippen molar-refractivity contribution in [2.24, 2.45) is 5.92 Å². The smallest absolute Gasteiger partial charge is 0.267 e. The number of likely N-dealkylation sites (tertiary alicyclic amines) is 1. The number of benzene rings is 1. The third-order valence-electron chi connectivity index (χ3n) is 6.07. The van der Waals surface area contributed by atoms with E-state index in [0.717, 1.165) is 30.4 Å². The molecule has 0 spiro atoms. The van der Waals surface area contributed by atoms with E-state index < -0.39 is 5.60 Å². The molecule has 1 saturated carbocycles. The molecule has 0 bridgehead atoms. The molecule has 148 valence electrons. The average Bonchev–Trinajstić information content (AvgIpc) is 2.69. The highest BCUT2D eigenvalue weighted by Crippen LogP contribution is 2.39. The highest BCUT2D eigenvalue weighted by Gasteiger charge is 2.43. The molecular weight excluding hydrogens is 361 g/mol. The second-order valence-electron chi connectivity index (χ2n) is 7.86. The Balaban J connectivity index is 1.49. The van der Waals surface area contributed by atoms with E-state index >= 15 is 0 Å². The minimum absolute atomic E-state index is 0.106. The topological polar surface area (TPSA) is 75.4 Å². The number of carbonyl (C=O) groups is 1. The van der Waals surface area contributed by atoms with E-state index in [2.05, 4.69) is 5.10 Å². The number of rotatable bonds is 3. The number of nitrogens with zero attached hydrogens (tertiary/aromatic N) is 3. The van der Waals surface area contributed by atoms with Gasteiger partial charge in [0, 0.05) is 30.6 Å². The van der Waals surface area contributed by atoms with Crippen LogP contribution in [0.3, 0.4) is 0 Å². The fraction of sp³-hybridized carbons (Fsp3) is 0.476. The molecule has 1 saturated heterocycles. The van der Waals surface area contributed by atoms with Crippen LogP contribution < -0.4 is 5.56 Å². The Labute approximate surface area is 162 Å². The molecule has 2 heterocycles. The molecule has 0 radical (unpaired) electrons. The minimum Gasteiger partial charge on any atom is -0.389 e. The maximum atomic E-state index is 13.1. The molecule has 4 rings (SSSR count). The van der Waals surface area contributed by atoms with Gasteiger partial charge in [-0.25, -0.2) is 9.07 Å². The highest BCUT2D eigenvalue weighted by atomic mass is 19.1. The van der Waals surface area contributed by atoms with E-state index in [1.54, 1.807) is 23.1 Å². The molecule has 1 aliphatic carbocycles. The summed E-state index contributed by atoms with van der Waals surface area (Å²) in [5.41, 5.74) is 0.179. The van der Waals surface area contributed by atoms with Gasteiger partial charge in [0.15, 0.2) is 0 Å². The molecule has 7 heteroatoms. The van der Waals surface area contributed by atoms with Gasteiger partial charge in [0.05, 0.1) is 11.3 Å². The molecule has 2 fully saturated rings. The molecular formula is C21H24FN3O3.